The van der Waals surface area contributed by atoms with Gasteiger partial charge in [0.05, 0.1) is 12.7 Å². The molecular weight excluding hydrogens is 348 g/mol. The fourth-order valence-electron chi connectivity index (χ4n) is 2.02. The molecule has 0 aliphatic heterocycles. The third-order valence-electron chi connectivity index (χ3n) is 3.04. The first-order chi connectivity index (χ1) is 11.2. The lowest BCUT2D eigenvalue weighted by Crippen LogP contribution is -2.18. The molecule has 0 fully saturated rings. The van der Waals surface area contributed by atoms with Crippen LogP contribution in [-0.2, 0) is 16.9 Å². The summed E-state index contributed by atoms with van der Waals surface area (Å²) in [5.74, 6) is -1.29. The average Bonchev–Trinajstić information content (AvgIpc) is 2.89. The number of nitrogens with one attached hydrogen (secondary N) is 1. The first kappa shape index (κ1) is 17.7. The number of tetrazole rings is 1. The Morgan fingerprint density at radius 1 is 1.38 bits per heavy atom. The number of carbonyl (C=O) groups excluding carboxylic acids is 1. The molecule has 24 heavy (non-hydrogen) atoms. The highest BCUT2D eigenvalue weighted by Crippen LogP contribution is 2.36. The van der Waals surface area contributed by atoms with E-state index < -0.39 is 38.4 Å². The molecule has 1 heterocycles. The topological polar surface area (TPSA) is 116 Å². The number of halogens is 2. The lowest BCUT2D eigenvalue weighted by Gasteiger charge is -2.15. The van der Waals surface area contributed by atoms with Crippen LogP contribution in [0.4, 0.5) is 14.7 Å². The van der Waals surface area contributed by atoms with E-state index in [0.717, 1.165) is 30.2 Å². The Balaban J connectivity index is 2.59. The molecule has 1 N–H and O–H groups in total. The first-order valence-electron chi connectivity index (χ1n) is 6.39. The molecule has 0 atom stereocenters. The van der Waals surface area contributed by atoms with Crippen molar-refractivity contribution in [1.29, 1.82) is 0 Å². The minimum Gasteiger partial charge on any atom is -0.495 e. The molecule has 0 radical (unpaired) electrons. The van der Waals surface area contributed by atoms with Gasteiger partial charge in [0.25, 0.3) is 12.3 Å². The molecule has 2 aromatic rings. The average molecular weight is 361 g/mol. The quantitative estimate of drug-likeness (QED) is 0.838. The molecular formula is C12H13F2N5O4S. The van der Waals surface area contributed by atoms with Crippen LogP contribution >= 0.6 is 0 Å². The Morgan fingerprint density at radius 3 is 2.50 bits per heavy atom. The molecule has 9 nitrogen and oxygen atoms in total. The number of hydrogen-bond donors (Lipinski definition) is 1. The predicted octanol–water partition coefficient (Wildman–Crippen LogP) is 0.812. The van der Waals surface area contributed by atoms with Crippen molar-refractivity contribution in [3.63, 3.8) is 0 Å². The summed E-state index contributed by atoms with van der Waals surface area (Å²) in [5, 5.41) is 12.7. The van der Waals surface area contributed by atoms with E-state index in [1.807, 2.05) is 0 Å². The Morgan fingerprint density at radius 2 is 2.04 bits per heavy atom. The van der Waals surface area contributed by atoms with E-state index >= 15 is 0 Å². The Hall–Kier alpha value is -2.63. The van der Waals surface area contributed by atoms with Crippen molar-refractivity contribution in [1.82, 2.24) is 20.2 Å². The highest BCUT2D eigenvalue weighted by atomic mass is 32.2. The van der Waals surface area contributed by atoms with Gasteiger partial charge in [0.1, 0.15) is 4.90 Å². The third kappa shape index (κ3) is 3.32. The maximum atomic E-state index is 13.1. The Bertz CT molecular complexity index is 882. The molecule has 1 aromatic heterocycles. The van der Waals surface area contributed by atoms with E-state index in [9.17, 15) is 22.0 Å². The number of carbonyl (C=O) groups is 1. The molecule has 0 saturated heterocycles. The van der Waals surface area contributed by atoms with Gasteiger partial charge in [-0.1, -0.05) is 11.2 Å². The summed E-state index contributed by atoms with van der Waals surface area (Å²) in [4.78, 5) is 11.6. The van der Waals surface area contributed by atoms with Gasteiger partial charge < -0.3 is 4.74 Å². The molecule has 0 bridgehead atoms. The van der Waals surface area contributed by atoms with Crippen molar-refractivity contribution >= 4 is 21.7 Å². The largest absolute Gasteiger partial charge is 0.495 e. The Labute approximate surface area is 135 Å². The number of hydrogen-bond acceptors (Lipinski definition) is 7. The minimum atomic E-state index is -4.08. The minimum absolute atomic E-state index is 0.0131. The summed E-state index contributed by atoms with van der Waals surface area (Å²) in [7, 11) is -1.53. The van der Waals surface area contributed by atoms with Crippen molar-refractivity contribution in [2.75, 3.05) is 18.7 Å². The van der Waals surface area contributed by atoms with Gasteiger partial charge in [-0.05, 0) is 16.5 Å². The van der Waals surface area contributed by atoms with Gasteiger partial charge in [0.2, 0.25) is 5.95 Å². The van der Waals surface area contributed by atoms with E-state index in [4.69, 9.17) is 4.74 Å². The number of aryl methyl sites for hydroxylation is 1. The number of methoxy groups -OCH3 is 1. The molecule has 130 valence electrons. The van der Waals surface area contributed by atoms with Crippen LogP contribution in [0.3, 0.4) is 0 Å². The molecule has 12 heteroatoms. The highest BCUT2D eigenvalue weighted by molar-refractivity contribution is 7.90. The monoisotopic (exact) mass is 361 g/mol. The number of benzene rings is 1. The number of sulfone groups is 1. The number of alkyl halides is 2. The fourth-order valence-corrected chi connectivity index (χ4v) is 3.13. The third-order valence-corrected chi connectivity index (χ3v) is 4.21. The second-order valence-electron chi connectivity index (χ2n) is 4.72. The molecule has 2 rings (SSSR count). The maximum absolute atomic E-state index is 13.1. The number of aromatic nitrogens is 4. The number of nitrogens with zero attached hydrogens (tertiary/aromatic N) is 4. The summed E-state index contributed by atoms with van der Waals surface area (Å²) in [6.45, 7) is 0. The van der Waals surface area contributed by atoms with E-state index in [-0.39, 0.29) is 11.5 Å². The van der Waals surface area contributed by atoms with Crippen LogP contribution in [0.2, 0.25) is 0 Å². The lowest BCUT2D eigenvalue weighted by atomic mass is 10.1. The van der Waals surface area contributed by atoms with Crippen molar-refractivity contribution in [2.24, 2.45) is 7.05 Å². The van der Waals surface area contributed by atoms with E-state index in [1.165, 1.54) is 7.05 Å². The standard InChI is InChI=1S/C12H13F2N5O4S/c1-19-12(16-17-18-19)15-11(20)6-4-5-7(10(13)14)9(8(6)23-2)24(3,21)22/h4-5,10H,1-3H3,(H,15,16,18,20). The molecule has 1 aromatic carbocycles. The van der Waals surface area contributed by atoms with Crippen LogP contribution in [0.25, 0.3) is 0 Å². The van der Waals surface area contributed by atoms with E-state index in [0.29, 0.717) is 0 Å². The van der Waals surface area contributed by atoms with Gasteiger partial charge in [-0.2, -0.15) is 0 Å². The first-order valence-corrected chi connectivity index (χ1v) is 8.28. The highest BCUT2D eigenvalue weighted by Gasteiger charge is 2.29. The van der Waals surface area contributed by atoms with Crippen molar-refractivity contribution in [3.8, 4) is 5.75 Å². The van der Waals surface area contributed by atoms with Crippen LogP contribution in [0.15, 0.2) is 17.0 Å². The number of ether oxygens (including phenoxy) is 1. The van der Waals surface area contributed by atoms with Crippen molar-refractivity contribution in [3.05, 3.63) is 23.3 Å². The van der Waals surface area contributed by atoms with E-state index in [2.05, 4.69) is 20.8 Å². The second kappa shape index (κ2) is 6.47. The predicted molar refractivity (Wildman–Crippen MR) is 77.8 cm³/mol. The fraction of sp³-hybridized carbons (Fsp3) is 0.333. The van der Waals surface area contributed by atoms with Gasteiger partial charge in [0.15, 0.2) is 15.6 Å². The van der Waals surface area contributed by atoms with Crippen molar-refractivity contribution < 1.29 is 26.7 Å². The maximum Gasteiger partial charge on any atom is 0.265 e. The zero-order chi connectivity index (χ0) is 18.1. The normalized spacial score (nSPS) is 11.6. The van der Waals surface area contributed by atoms with Crippen molar-refractivity contribution in [2.45, 2.75) is 11.3 Å². The number of amides is 1. The molecule has 0 aliphatic carbocycles. The van der Waals surface area contributed by atoms with Gasteiger partial charge in [-0.15, -0.1) is 0 Å². The molecule has 0 aliphatic rings. The second-order valence-corrected chi connectivity index (χ2v) is 6.67. The smallest absolute Gasteiger partial charge is 0.265 e. The number of anilines is 1. The SMILES string of the molecule is COc1c(C(=O)Nc2nnnn2C)ccc(C(F)F)c1S(C)(=O)=O. The van der Waals surface area contributed by atoms with Gasteiger partial charge in [0, 0.05) is 18.9 Å². The van der Waals surface area contributed by atoms with Crippen LogP contribution in [-0.4, -0.2) is 47.9 Å². The molecule has 0 spiro atoms. The molecule has 0 unspecified atom stereocenters. The summed E-state index contributed by atoms with van der Waals surface area (Å²) in [6.07, 6.45) is -2.30. The molecule has 1 amide bonds. The van der Waals surface area contributed by atoms with Crippen LogP contribution in [0.5, 0.6) is 5.75 Å². The van der Waals surface area contributed by atoms with Crippen LogP contribution in [0.1, 0.15) is 22.3 Å². The zero-order valence-corrected chi connectivity index (χ0v) is 13.6. The van der Waals surface area contributed by atoms with E-state index in [1.54, 1.807) is 0 Å². The Kier molecular flexibility index (Phi) is 4.78. The van der Waals surface area contributed by atoms with Crippen LogP contribution in [0, 0.1) is 0 Å². The summed E-state index contributed by atoms with van der Waals surface area (Å²) < 4.78 is 56.1. The van der Waals surface area contributed by atoms with Gasteiger partial charge in [-0.25, -0.2) is 21.9 Å². The lowest BCUT2D eigenvalue weighted by molar-refractivity contribution is 0.102. The summed E-state index contributed by atoms with van der Waals surface area (Å²) >= 11 is 0. The summed E-state index contributed by atoms with van der Waals surface area (Å²) in [6, 6.07) is 1.92. The molecule has 0 saturated carbocycles. The summed E-state index contributed by atoms with van der Waals surface area (Å²) in [5.41, 5.74) is -0.989. The van der Waals surface area contributed by atoms with Crippen LogP contribution < -0.4 is 10.1 Å². The number of rotatable bonds is 5. The van der Waals surface area contributed by atoms with Gasteiger partial charge in [-0.3, -0.25) is 10.1 Å². The van der Waals surface area contributed by atoms with Gasteiger partial charge >= 0.3 is 0 Å². The zero-order valence-electron chi connectivity index (χ0n) is 12.8.